The normalized spacial score (nSPS) is 22.3. The van der Waals surface area contributed by atoms with E-state index in [0.29, 0.717) is 6.61 Å². The molecule has 1 atom stereocenters. The molecule has 0 spiro atoms. The molecule has 1 unspecified atom stereocenters. The molecule has 1 aliphatic rings. The van der Waals surface area contributed by atoms with Gasteiger partial charge in [0, 0.05) is 26.1 Å². The Morgan fingerprint density at radius 2 is 2.00 bits per heavy atom. The molecule has 15 heavy (non-hydrogen) atoms. The third kappa shape index (κ3) is 3.56. The third-order valence-corrected chi connectivity index (χ3v) is 3.27. The largest absolute Gasteiger partial charge is 0.385 e. The Morgan fingerprint density at radius 1 is 1.40 bits per heavy atom. The highest BCUT2D eigenvalue weighted by molar-refractivity contribution is 5.88. The molecule has 0 radical (unpaired) electrons. The first-order valence-corrected chi connectivity index (χ1v) is 5.80. The first-order chi connectivity index (χ1) is 7.08. The summed E-state index contributed by atoms with van der Waals surface area (Å²) >= 11 is 0. The smallest absolute Gasteiger partial charge is 0.172 e. The first kappa shape index (κ1) is 12.6. The monoisotopic (exact) mass is 216 g/mol. The summed E-state index contributed by atoms with van der Waals surface area (Å²) in [5.74, 6) is -0.259. The van der Waals surface area contributed by atoms with Gasteiger partial charge in [0.1, 0.15) is 0 Å². The zero-order valence-corrected chi connectivity index (χ0v) is 9.72. The lowest BCUT2D eigenvalue weighted by atomic mass is 9.80. The molecule has 0 N–H and O–H groups in total. The van der Waals surface area contributed by atoms with Crippen molar-refractivity contribution >= 4 is 5.78 Å². The lowest BCUT2D eigenvalue weighted by Crippen LogP contribution is -2.37. The van der Waals surface area contributed by atoms with Crippen molar-refractivity contribution in [3.8, 4) is 0 Å². The molecule has 0 heterocycles. The Balaban J connectivity index is 2.48. The van der Waals surface area contributed by atoms with Crippen molar-refractivity contribution in [2.75, 3.05) is 13.7 Å². The minimum absolute atomic E-state index is 0.0504. The molecule has 1 saturated carbocycles. The number of alkyl halides is 1. The van der Waals surface area contributed by atoms with E-state index in [4.69, 9.17) is 4.74 Å². The number of methoxy groups -OCH3 is 1. The Hall–Kier alpha value is -0.440. The topological polar surface area (TPSA) is 26.3 Å². The van der Waals surface area contributed by atoms with Crippen LogP contribution in [0.25, 0.3) is 0 Å². The van der Waals surface area contributed by atoms with Crippen molar-refractivity contribution in [2.45, 2.75) is 51.1 Å². The molecule has 0 amide bonds. The molecule has 0 aliphatic heterocycles. The van der Waals surface area contributed by atoms with Crippen LogP contribution >= 0.6 is 0 Å². The molecule has 88 valence electrons. The number of carbonyl (C=O) groups is 1. The number of carbonyl (C=O) groups excluding carboxylic acids is 1. The highest BCUT2D eigenvalue weighted by Gasteiger charge is 2.37. The highest BCUT2D eigenvalue weighted by Crippen LogP contribution is 2.30. The van der Waals surface area contributed by atoms with E-state index >= 15 is 0 Å². The molecule has 1 aliphatic carbocycles. The quantitative estimate of drug-likeness (QED) is 0.706. The summed E-state index contributed by atoms with van der Waals surface area (Å²) in [5.41, 5.74) is -1.70. The molecule has 0 aromatic carbocycles. The summed E-state index contributed by atoms with van der Waals surface area (Å²) in [4.78, 5) is 11.9. The SMILES string of the molecule is COCCC(C)(F)C(=O)C1CCCCC1. The fourth-order valence-corrected chi connectivity index (χ4v) is 2.21. The van der Waals surface area contributed by atoms with E-state index in [9.17, 15) is 9.18 Å². The molecule has 2 nitrogen and oxygen atoms in total. The van der Waals surface area contributed by atoms with Gasteiger partial charge in [-0.3, -0.25) is 4.79 Å². The van der Waals surface area contributed by atoms with Crippen LogP contribution in [0, 0.1) is 5.92 Å². The second kappa shape index (κ2) is 5.59. The Labute approximate surface area is 91.2 Å². The molecular formula is C12H21FO2. The van der Waals surface area contributed by atoms with Crippen molar-refractivity contribution in [1.29, 1.82) is 0 Å². The molecule has 0 aromatic rings. The summed E-state index contributed by atoms with van der Waals surface area (Å²) in [7, 11) is 1.53. The fourth-order valence-electron chi connectivity index (χ4n) is 2.21. The average molecular weight is 216 g/mol. The Kier molecular flexibility index (Phi) is 4.71. The number of ether oxygens (including phenoxy) is 1. The van der Waals surface area contributed by atoms with Gasteiger partial charge in [-0.25, -0.2) is 4.39 Å². The van der Waals surface area contributed by atoms with Gasteiger partial charge in [-0.05, 0) is 19.8 Å². The van der Waals surface area contributed by atoms with E-state index < -0.39 is 5.67 Å². The van der Waals surface area contributed by atoms with E-state index in [0.717, 1.165) is 25.7 Å². The number of Topliss-reactive ketones (excluding diaryl/α,β-unsaturated/α-hetero) is 1. The van der Waals surface area contributed by atoms with Crippen molar-refractivity contribution in [3.05, 3.63) is 0 Å². The predicted molar refractivity (Wildman–Crippen MR) is 57.6 cm³/mol. The summed E-state index contributed by atoms with van der Waals surface area (Å²) in [6.07, 6.45) is 5.23. The van der Waals surface area contributed by atoms with E-state index in [1.165, 1.54) is 20.5 Å². The molecule has 0 bridgehead atoms. The standard InChI is InChI=1S/C12H21FO2/c1-12(13,8-9-15-2)11(14)10-6-4-3-5-7-10/h10H,3-9H2,1-2H3. The van der Waals surface area contributed by atoms with Crippen molar-refractivity contribution in [2.24, 2.45) is 5.92 Å². The van der Waals surface area contributed by atoms with Crippen LogP contribution in [-0.2, 0) is 9.53 Å². The molecule has 0 saturated heterocycles. The van der Waals surface area contributed by atoms with Crippen LogP contribution in [0.3, 0.4) is 0 Å². The van der Waals surface area contributed by atoms with Crippen molar-refractivity contribution in [3.63, 3.8) is 0 Å². The summed E-state index contributed by atoms with van der Waals surface area (Å²) in [6.45, 7) is 1.70. The summed E-state index contributed by atoms with van der Waals surface area (Å²) in [6, 6.07) is 0. The van der Waals surface area contributed by atoms with Gasteiger partial charge in [-0.2, -0.15) is 0 Å². The number of ketones is 1. The van der Waals surface area contributed by atoms with Gasteiger partial charge in [0.05, 0.1) is 0 Å². The molecule has 1 rings (SSSR count). The van der Waals surface area contributed by atoms with Crippen LogP contribution in [0.1, 0.15) is 45.4 Å². The zero-order chi connectivity index (χ0) is 11.3. The van der Waals surface area contributed by atoms with Crippen molar-refractivity contribution in [1.82, 2.24) is 0 Å². The second-order valence-electron chi connectivity index (χ2n) is 4.64. The Morgan fingerprint density at radius 3 is 2.53 bits per heavy atom. The van der Waals surface area contributed by atoms with E-state index in [-0.39, 0.29) is 18.1 Å². The van der Waals surface area contributed by atoms with E-state index in [2.05, 4.69) is 0 Å². The summed E-state index contributed by atoms with van der Waals surface area (Å²) in [5, 5.41) is 0. The predicted octanol–water partition coefficient (Wildman–Crippen LogP) is 2.90. The summed E-state index contributed by atoms with van der Waals surface area (Å²) < 4.78 is 18.8. The number of hydrogen-bond acceptors (Lipinski definition) is 2. The van der Waals surface area contributed by atoms with Crippen LogP contribution in [0.2, 0.25) is 0 Å². The molecule has 1 fully saturated rings. The average Bonchev–Trinajstić information content (AvgIpc) is 2.26. The van der Waals surface area contributed by atoms with Crippen LogP contribution in [-0.4, -0.2) is 25.2 Å². The zero-order valence-electron chi connectivity index (χ0n) is 9.72. The van der Waals surface area contributed by atoms with Gasteiger partial charge in [-0.1, -0.05) is 19.3 Å². The fraction of sp³-hybridized carbons (Fsp3) is 0.917. The van der Waals surface area contributed by atoms with Gasteiger partial charge in [0.15, 0.2) is 11.5 Å². The van der Waals surface area contributed by atoms with Crippen LogP contribution < -0.4 is 0 Å². The minimum atomic E-state index is -1.70. The maximum absolute atomic E-state index is 14.0. The van der Waals surface area contributed by atoms with E-state index in [1.54, 1.807) is 0 Å². The lowest BCUT2D eigenvalue weighted by Gasteiger charge is -2.27. The Bertz CT molecular complexity index is 208. The van der Waals surface area contributed by atoms with Crippen LogP contribution in [0.4, 0.5) is 4.39 Å². The number of rotatable bonds is 5. The van der Waals surface area contributed by atoms with E-state index in [1.807, 2.05) is 0 Å². The van der Waals surface area contributed by atoms with Gasteiger partial charge in [0.2, 0.25) is 0 Å². The number of hydrogen-bond donors (Lipinski definition) is 0. The van der Waals surface area contributed by atoms with Gasteiger partial charge in [0.25, 0.3) is 0 Å². The number of halogens is 1. The third-order valence-electron chi connectivity index (χ3n) is 3.27. The molecular weight excluding hydrogens is 195 g/mol. The van der Waals surface area contributed by atoms with Gasteiger partial charge < -0.3 is 4.74 Å². The maximum Gasteiger partial charge on any atom is 0.172 e. The van der Waals surface area contributed by atoms with Crippen LogP contribution in [0.15, 0.2) is 0 Å². The molecule has 3 heteroatoms. The maximum atomic E-state index is 14.0. The van der Waals surface area contributed by atoms with Gasteiger partial charge >= 0.3 is 0 Å². The van der Waals surface area contributed by atoms with Gasteiger partial charge in [-0.15, -0.1) is 0 Å². The van der Waals surface area contributed by atoms with Crippen molar-refractivity contribution < 1.29 is 13.9 Å². The lowest BCUT2D eigenvalue weighted by molar-refractivity contribution is -0.135. The first-order valence-electron chi connectivity index (χ1n) is 5.80. The van der Waals surface area contributed by atoms with Crippen LogP contribution in [0.5, 0.6) is 0 Å². The molecule has 0 aromatic heterocycles. The second-order valence-corrected chi connectivity index (χ2v) is 4.64. The highest BCUT2D eigenvalue weighted by atomic mass is 19.1. The minimum Gasteiger partial charge on any atom is -0.385 e.